The molecular formula is C15H21BrN2O. The molecule has 0 heterocycles. The van der Waals surface area contributed by atoms with Crippen LogP contribution < -0.4 is 10.6 Å². The highest BCUT2D eigenvalue weighted by molar-refractivity contribution is 9.10. The van der Waals surface area contributed by atoms with Crippen LogP contribution in [0.1, 0.15) is 33.1 Å². The second-order valence-corrected chi connectivity index (χ2v) is 6.79. The first-order valence-electron chi connectivity index (χ1n) is 6.76. The van der Waals surface area contributed by atoms with Gasteiger partial charge in [-0.05, 0) is 42.5 Å². The molecule has 1 aromatic rings. The lowest BCUT2D eigenvalue weighted by atomic mass is 9.87. The van der Waals surface area contributed by atoms with Gasteiger partial charge >= 0.3 is 0 Å². The minimum absolute atomic E-state index is 0.0185. The maximum absolute atomic E-state index is 11.9. The van der Waals surface area contributed by atoms with Crippen molar-refractivity contribution < 1.29 is 4.79 Å². The summed E-state index contributed by atoms with van der Waals surface area (Å²) >= 11 is 3.37. The zero-order chi connectivity index (χ0) is 13.9. The molecule has 2 N–H and O–H groups in total. The van der Waals surface area contributed by atoms with Crippen molar-refractivity contribution in [3.05, 3.63) is 28.7 Å². The van der Waals surface area contributed by atoms with E-state index in [9.17, 15) is 4.79 Å². The van der Waals surface area contributed by atoms with Crippen LogP contribution in [0.4, 0.5) is 5.69 Å². The minimum Gasteiger partial charge on any atom is -0.325 e. The number of rotatable bonds is 4. The van der Waals surface area contributed by atoms with Crippen LogP contribution in [0.5, 0.6) is 0 Å². The molecule has 1 amide bonds. The van der Waals surface area contributed by atoms with Gasteiger partial charge in [0.05, 0.1) is 6.54 Å². The summed E-state index contributed by atoms with van der Waals surface area (Å²) in [6.07, 6.45) is 3.65. The fourth-order valence-electron chi connectivity index (χ4n) is 2.66. The Bertz CT molecular complexity index is 442. The number of hydrogen-bond acceptors (Lipinski definition) is 2. The average molecular weight is 325 g/mol. The molecule has 1 unspecified atom stereocenters. The first kappa shape index (κ1) is 14.5. The van der Waals surface area contributed by atoms with Gasteiger partial charge in [-0.25, -0.2) is 0 Å². The molecule has 4 heteroatoms. The van der Waals surface area contributed by atoms with Crippen molar-refractivity contribution in [3.8, 4) is 0 Å². The van der Waals surface area contributed by atoms with Crippen LogP contribution in [0.25, 0.3) is 0 Å². The van der Waals surface area contributed by atoms with E-state index in [0.29, 0.717) is 18.0 Å². The molecule has 2 rings (SSSR count). The molecule has 1 fully saturated rings. The third-order valence-corrected chi connectivity index (χ3v) is 4.42. The molecule has 104 valence electrons. The lowest BCUT2D eigenvalue weighted by molar-refractivity contribution is -0.115. The molecule has 0 aliphatic heterocycles. The molecule has 0 aromatic heterocycles. The molecule has 1 aromatic carbocycles. The molecule has 0 bridgehead atoms. The fourth-order valence-corrected chi connectivity index (χ4v) is 2.92. The lowest BCUT2D eigenvalue weighted by Crippen LogP contribution is -2.41. The second-order valence-electron chi connectivity index (χ2n) is 5.87. The Morgan fingerprint density at radius 2 is 2.05 bits per heavy atom. The molecule has 0 radical (unpaired) electrons. The van der Waals surface area contributed by atoms with Gasteiger partial charge in [0, 0.05) is 16.2 Å². The van der Waals surface area contributed by atoms with E-state index in [4.69, 9.17) is 0 Å². The summed E-state index contributed by atoms with van der Waals surface area (Å²) in [7, 11) is 0. The predicted octanol–water partition coefficient (Wildman–Crippen LogP) is 3.56. The Kier molecular flexibility index (Phi) is 4.63. The van der Waals surface area contributed by atoms with Crippen molar-refractivity contribution in [2.45, 2.75) is 39.2 Å². The number of nitrogens with one attached hydrogen (secondary N) is 2. The Hall–Kier alpha value is -0.870. The Morgan fingerprint density at radius 1 is 1.37 bits per heavy atom. The van der Waals surface area contributed by atoms with Crippen LogP contribution in [0.2, 0.25) is 0 Å². The van der Waals surface area contributed by atoms with Gasteiger partial charge in [0.15, 0.2) is 0 Å². The Labute approximate surface area is 123 Å². The van der Waals surface area contributed by atoms with Crippen LogP contribution in [-0.2, 0) is 4.79 Å². The van der Waals surface area contributed by atoms with E-state index in [0.717, 1.165) is 10.2 Å². The summed E-state index contributed by atoms with van der Waals surface area (Å²) < 4.78 is 1.01. The molecule has 0 spiro atoms. The lowest BCUT2D eigenvalue weighted by Gasteiger charge is -2.27. The maximum Gasteiger partial charge on any atom is 0.238 e. The number of halogens is 1. The summed E-state index contributed by atoms with van der Waals surface area (Å²) in [5.74, 6) is 0.0185. The van der Waals surface area contributed by atoms with Gasteiger partial charge in [-0.15, -0.1) is 0 Å². The van der Waals surface area contributed by atoms with E-state index in [-0.39, 0.29) is 5.91 Å². The summed E-state index contributed by atoms with van der Waals surface area (Å²) in [5, 5.41) is 6.28. The zero-order valence-corrected chi connectivity index (χ0v) is 13.1. The number of hydrogen-bond donors (Lipinski definition) is 2. The van der Waals surface area contributed by atoms with Gasteiger partial charge in [-0.1, -0.05) is 36.2 Å². The van der Waals surface area contributed by atoms with Gasteiger partial charge in [-0.3, -0.25) is 4.79 Å². The normalized spacial score (nSPS) is 21.3. The van der Waals surface area contributed by atoms with Crippen LogP contribution in [0.3, 0.4) is 0 Å². The number of carbonyl (C=O) groups excluding carboxylic acids is 1. The van der Waals surface area contributed by atoms with Gasteiger partial charge < -0.3 is 10.6 Å². The van der Waals surface area contributed by atoms with E-state index in [1.807, 2.05) is 24.3 Å². The van der Waals surface area contributed by atoms with Crippen LogP contribution >= 0.6 is 15.9 Å². The fraction of sp³-hybridized carbons (Fsp3) is 0.533. The zero-order valence-electron chi connectivity index (χ0n) is 11.5. The first-order valence-corrected chi connectivity index (χ1v) is 7.55. The van der Waals surface area contributed by atoms with Crippen LogP contribution in [-0.4, -0.2) is 18.5 Å². The Balaban J connectivity index is 1.80. The summed E-state index contributed by atoms with van der Waals surface area (Å²) in [4.78, 5) is 11.9. The van der Waals surface area contributed by atoms with Gasteiger partial charge in [0.25, 0.3) is 0 Å². The maximum atomic E-state index is 11.9. The van der Waals surface area contributed by atoms with Gasteiger partial charge in [0.1, 0.15) is 0 Å². The van der Waals surface area contributed by atoms with E-state index in [2.05, 4.69) is 40.4 Å². The molecule has 1 aliphatic carbocycles. The molecule has 19 heavy (non-hydrogen) atoms. The van der Waals surface area contributed by atoms with Crippen molar-refractivity contribution in [2.24, 2.45) is 5.41 Å². The highest BCUT2D eigenvalue weighted by atomic mass is 79.9. The van der Waals surface area contributed by atoms with Crippen molar-refractivity contribution in [1.29, 1.82) is 0 Å². The SMILES string of the molecule is CC1(C)CCCC1NCC(=O)Nc1ccc(Br)cc1. The summed E-state index contributed by atoms with van der Waals surface area (Å²) in [6, 6.07) is 8.07. The number of carbonyl (C=O) groups is 1. The van der Waals surface area contributed by atoms with Gasteiger partial charge in [0.2, 0.25) is 5.91 Å². The highest BCUT2D eigenvalue weighted by Gasteiger charge is 2.34. The first-order chi connectivity index (χ1) is 8.97. The standard InChI is InChI=1S/C15H21BrN2O/c1-15(2)9-3-4-13(15)17-10-14(19)18-12-7-5-11(16)6-8-12/h5-8,13,17H,3-4,9-10H2,1-2H3,(H,18,19). The number of benzene rings is 1. The third-order valence-electron chi connectivity index (χ3n) is 3.89. The summed E-state index contributed by atoms with van der Waals surface area (Å²) in [6.45, 7) is 4.92. The van der Waals surface area contributed by atoms with E-state index >= 15 is 0 Å². The van der Waals surface area contributed by atoms with Crippen molar-refractivity contribution in [3.63, 3.8) is 0 Å². The van der Waals surface area contributed by atoms with E-state index < -0.39 is 0 Å². The van der Waals surface area contributed by atoms with Crippen molar-refractivity contribution in [2.75, 3.05) is 11.9 Å². The number of anilines is 1. The minimum atomic E-state index is 0.0185. The van der Waals surface area contributed by atoms with Crippen molar-refractivity contribution >= 4 is 27.5 Å². The third kappa shape index (κ3) is 4.05. The molecule has 1 saturated carbocycles. The molecule has 1 aliphatic rings. The smallest absolute Gasteiger partial charge is 0.238 e. The van der Waals surface area contributed by atoms with Crippen molar-refractivity contribution in [1.82, 2.24) is 5.32 Å². The summed E-state index contributed by atoms with van der Waals surface area (Å²) in [5.41, 5.74) is 1.14. The molecule has 3 nitrogen and oxygen atoms in total. The van der Waals surface area contributed by atoms with Gasteiger partial charge in [-0.2, -0.15) is 0 Å². The predicted molar refractivity (Wildman–Crippen MR) is 82.2 cm³/mol. The second kappa shape index (κ2) is 6.06. The number of amides is 1. The topological polar surface area (TPSA) is 41.1 Å². The quantitative estimate of drug-likeness (QED) is 0.889. The van der Waals surface area contributed by atoms with Crippen LogP contribution in [0, 0.1) is 5.41 Å². The van der Waals surface area contributed by atoms with E-state index in [1.165, 1.54) is 19.3 Å². The average Bonchev–Trinajstić information content (AvgIpc) is 2.69. The monoisotopic (exact) mass is 324 g/mol. The molecule has 1 atom stereocenters. The largest absolute Gasteiger partial charge is 0.325 e. The van der Waals surface area contributed by atoms with E-state index in [1.54, 1.807) is 0 Å². The highest BCUT2D eigenvalue weighted by Crippen LogP contribution is 2.36. The Morgan fingerprint density at radius 3 is 2.63 bits per heavy atom. The molecular weight excluding hydrogens is 304 g/mol. The van der Waals surface area contributed by atoms with Crippen LogP contribution in [0.15, 0.2) is 28.7 Å². The molecule has 0 saturated heterocycles.